The largest absolute Gasteiger partial charge is 0.443 e. The van der Waals surface area contributed by atoms with Gasteiger partial charge in [0.05, 0.1) is 10.5 Å². The molecule has 0 N–H and O–H groups in total. The Labute approximate surface area is 154 Å². The van der Waals surface area contributed by atoms with Gasteiger partial charge in [0.2, 0.25) is 10.0 Å². The van der Waals surface area contributed by atoms with Crippen LogP contribution in [0.15, 0.2) is 29.2 Å². The van der Waals surface area contributed by atoms with Gasteiger partial charge in [-0.15, -0.1) is 0 Å². The second kappa shape index (κ2) is 7.37. The van der Waals surface area contributed by atoms with Crippen molar-refractivity contribution in [2.24, 2.45) is 17.8 Å². The summed E-state index contributed by atoms with van der Waals surface area (Å²) >= 11 is 0. The molecule has 3 atom stereocenters. The van der Waals surface area contributed by atoms with Crippen molar-refractivity contribution in [2.75, 3.05) is 13.1 Å². The molecule has 0 aromatic heterocycles. The molecule has 0 radical (unpaired) electrons. The van der Waals surface area contributed by atoms with Crippen LogP contribution in [0.2, 0.25) is 0 Å². The third-order valence-electron chi connectivity index (χ3n) is 4.97. The fourth-order valence-corrected chi connectivity index (χ4v) is 5.20. The van der Waals surface area contributed by atoms with Crippen LogP contribution in [0.4, 0.5) is 0 Å². The minimum Gasteiger partial charge on any atom is -0.443 e. The van der Waals surface area contributed by atoms with Gasteiger partial charge in [0, 0.05) is 19.0 Å². The molecule has 1 aliphatic carbocycles. The van der Waals surface area contributed by atoms with Crippen LogP contribution in [-0.2, 0) is 14.8 Å². The number of hydrogen-bond donors (Lipinski definition) is 0. The van der Waals surface area contributed by atoms with Gasteiger partial charge < -0.3 is 4.74 Å². The maximum absolute atomic E-state index is 12.8. The van der Waals surface area contributed by atoms with Crippen molar-refractivity contribution in [3.8, 4) is 6.07 Å². The van der Waals surface area contributed by atoms with Crippen LogP contribution >= 0.6 is 0 Å². The van der Waals surface area contributed by atoms with Gasteiger partial charge in [-0.1, -0.05) is 13.8 Å². The van der Waals surface area contributed by atoms with Gasteiger partial charge in [0.1, 0.15) is 6.07 Å². The van der Waals surface area contributed by atoms with Crippen molar-refractivity contribution in [1.82, 2.24) is 4.31 Å². The van der Waals surface area contributed by atoms with Crippen LogP contribution in [0.1, 0.15) is 43.5 Å². The predicted octanol–water partition coefficient (Wildman–Crippen LogP) is 2.81. The van der Waals surface area contributed by atoms with E-state index in [2.05, 4.69) is 13.8 Å². The molecule has 26 heavy (non-hydrogen) atoms. The van der Waals surface area contributed by atoms with E-state index < -0.39 is 22.1 Å². The van der Waals surface area contributed by atoms with E-state index in [1.807, 2.05) is 6.07 Å². The monoisotopic (exact) mass is 376 g/mol. The highest BCUT2D eigenvalue weighted by Crippen LogP contribution is 2.34. The summed E-state index contributed by atoms with van der Waals surface area (Å²) in [4.78, 5) is 12.3. The Morgan fingerprint density at radius 1 is 1.19 bits per heavy atom. The molecule has 1 saturated carbocycles. The Bertz CT molecular complexity index is 799. The average molecular weight is 376 g/mol. The summed E-state index contributed by atoms with van der Waals surface area (Å²) in [5.74, 6) is 0.195. The zero-order valence-electron chi connectivity index (χ0n) is 15.1. The van der Waals surface area contributed by atoms with E-state index in [1.54, 1.807) is 0 Å². The second-order valence-corrected chi connectivity index (χ2v) is 9.52. The first-order valence-electron chi connectivity index (χ1n) is 9.02. The lowest BCUT2D eigenvalue weighted by molar-refractivity contribution is 0.0370. The zero-order valence-corrected chi connectivity index (χ0v) is 15.9. The molecule has 1 aliphatic heterocycles. The lowest BCUT2D eigenvalue weighted by atomic mass is 9.94. The topological polar surface area (TPSA) is 87.5 Å². The molecule has 2 aliphatic rings. The molecule has 0 unspecified atom stereocenters. The molecule has 6 nitrogen and oxygen atoms in total. The number of benzene rings is 1. The highest BCUT2D eigenvalue weighted by atomic mass is 32.2. The summed E-state index contributed by atoms with van der Waals surface area (Å²) in [6.45, 7) is 5.15. The molecule has 7 heteroatoms. The van der Waals surface area contributed by atoms with Gasteiger partial charge in [-0.3, -0.25) is 0 Å². The zero-order chi connectivity index (χ0) is 18.9. The van der Waals surface area contributed by atoms with Crippen molar-refractivity contribution >= 4 is 16.0 Å². The summed E-state index contributed by atoms with van der Waals surface area (Å²) in [5, 5.41) is 9.06. The second-order valence-electron chi connectivity index (χ2n) is 7.58. The molecule has 1 heterocycles. The van der Waals surface area contributed by atoms with Crippen molar-refractivity contribution < 1.29 is 17.9 Å². The Morgan fingerprint density at radius 3 is 2.27 bits per heavy atom. The molecule has 0 amide bonds. The summed E-state index contributed by atoms with van der Waals surface area (Å²) < 4.78 is 32.4. The number of ether oxygens (including phenoxy) is 1. The van der Waals surface area contributed by atoms with Crippen molar-refractivity contribution in [3.63, 3.8) is 0 Å². The van der Waals surface area contributed by atoms with Crippen LogP contribution in [0.3, 0.4) is 0 Å². The lowest BCUT2D eigenvalue weighted by Crippen LogP contribution is -2.42. The van der Waals surface area contributed by atoms with Crippen LogP contribution < -0.4 is 0 Å². The smallest absolute Gasteiger partial charge is 0.339 e. The number of hydrogen-bond acceptors (Lipinski definition) is 5. The number of carbonyl (C=O) groups is 1. The minimum atomic E-state index is -3.57. The summed E-state index contributed by atoms with van der Waals surface area (Å²) in [6.07, 6.45) is 2.10. The van der Waals surface area contributed by atoms with Crippen LogP contribution in [-0.4, -0.2) is 37.9 Å². The van der Waals surface area contributed by atoms with Crippen molar-refractivity contribution in [3.05, 3.63) is 29.8 Å². The van der Waals surface area contributed by atoms with E-state index in [-0.39, 0.29) is 16.4 Å². The maximum atomic E-state index is 12.8. The first kappa shape index (κ1) is 18.9. The first-order valence-corrected chi connectivity index (χ1v) is 10.5. The first-order chi connectivity index (χ1) is 12.3. The van der Waals surface area contributed by atoms with Gasteiger partial charge in [-0.25, -0.2) is 13.2 Å². The third kappa shape index (κ3) is 4.08. The fraction of sp³-hybridized carbons (Fsp3) is 0.579. The highest BCUT2D eigenvalue weighted by Gasteiger charge is 2.35. The number of nitriles is 1. The molecule has 1 aromatic carbocycles. The summed E-state index contributed by atoms with van der Waals surface area (Å²) in [5.41, 5.74) is 0.255. The normalized spacial score (nSPS) is 25.3. The molecule has 1 aromatic rings. The Kier molecular flexibility index (Phi) is 5.35. The summed E-state index contributed by atoms with van der Waals surface area (Å²) in [6, 6.07) is 7.79. The number of rotatable bonds is 5. The van der Waals surface area contributed by atoms with E-state index in [0.717, 1.165) is 19.3 Å². The molecular weight excluding hydrogens is 352 g/mol. The van der Waals surface area contributed by atoms with Crippen LogP contribution in [0.25, 0.3) is 0 Å². The van der Waals surface area contributed by atoms with Gasteiger partial charge in [0.25, 0.3) is 0 Å². The van der Waals surface area contributed by atoms with E-state index >= 15 is 0 Å². The number of nitrogens with zero attached hydrogens (tertiary/aromatic N) is 2. The molecule has 1 saturated heterocycles. The van der Waals surface area contributed by atoms with Gasteiger partial charge in [-0.2, -0.15) is 9.57 Å². The fourth-order valence-electron chi connectivity index (χ4n) is 3.52. The Balaban J connectivity index is 1.72. The number of piperidine rings is 1. The van der Waals surface area contributed by atoms with Gasteiger partial charge >= 0.3 is 5.97 Å². The van der Waals surface area contributed by atoms with E-state index in [9.17, 15) is 13.2 Å². The maximum Gasteiger partial charge on any atom is 0.339 e. The quantitative estimate of drug-likeness (QED) is 0.738. The molecule has 2 fully saturated rings. The van der Waals surface area contributed by atoms with Crippen LogP contribution in [0, 0.1) is 29.1 Å². The average Bonchev–Trinajstić information content (AvgIpc) is 3.43. The number of carbonyl (C=O) groups excluding carboxylic acids is 1. The predicted molar refractivity (Wildman–Crippen MR) is 95.7 cm³/mol. The van der Waals surface area contributed by atoms with Crippen molar-refractivity contribution in [1.29, 1.82) is 5.26 Å². The molecule has 140 valence electrons. The highest BCUT2D eigenvalue weighted by molar-refractivity contribution is 7.89. The Morgan fingerprint density at radius 2 is 1.77 bits per heavy atom. The molecule has 3 rings (SSSR count). The van der Waals surface area contributed by atoms with Crippen LogP contribution in [0.5, 0.6) is 0 Å². The Hall–Kier alpha value is -1.91. The van der Waals surface area contributed by atoms with Gasteiger partial charge in [-0.05, 0) is 55.4 Å². The number of esters is 1. The van der Waals surface area contributed by atoms with Gasteiger partial charge in [0.15, 0.2) is 6.10 Å². The SMILES string of the molecule is C[C@@H]1C[C@H](C)CN(S(=O)(=O)c2ccc(C(=O)O[C@@H](C#N)C3CC3)cc2)C1. The molecule has 0 spiro atoms. The minimum absolute atomic E-state index is 0.131. The third-order valence-corrected chi connectivity index (χ3v) is 6.82. The molecular formula is C19H24N2O4S. The lowest BCUT2D eigenvalue weighted by Gasteiger charge is -2.34. The summed E-state index contributed by atoms with van der Waals surface area (Å²) in [7, 11) is -3.57. The van der Waals surface area contributed by atoms with E-state index in [4.69, 9.17) is 10.00 Å². The standard InChI is InChI=1S/C19H24N2O4S/c1-13-9-14(2)12-21(11-13)26(23,24)17-7-5-16(6-8-17)19(22)25-18(10-20)15-3-4-15/h5-8,13-15,18H,3-4,9,11-12H2,1-2H3/t13-,14+,18-/m0/s1. The number of sulfonamides is 1. The molecule has 0 bridgehead atoms. The van der Waals surface area contributed by atoms with E-state index in [0.29, 0.717) is 24.9 Å². The van der Waals surface area contributed by atoms with Crippen molar-refractivity contribution in [2.45, 2.75) is 44.1 Å². The van der Waals surface area contributed by atoms with E-state index in [1.165, 1.54) is 28.6 Å².